The van der Waals surface area contributed by atoms with Gasteiger partial charge < -0.3 is 15.5 Å². The first-order chi connectivity index (χ1) is 8.18. The topological polar surface area (TPSA) is 49.6 Å². The Hall–Kier alpha value is -1.10. The highest BCUT2D eigenvalue weighted by atomic mass is 35.5. The number of amides is 1. The number of nitrogens with zero attached hydrogens (tertiary/aromatic N) is 2. The lowest BCUT2D eigenvalue weighted by Crippen LogP contribution is -2.49. The first-order valence-electron chi connectivity index (χ1n) is 5.96. The summed E-state index contributed by atoms with van der Waals surface area (Å²) in [7, 11) is 2.07. The number of carbonyl (C=O) groups excluding carboxylic acids is 1. The number of likely N-dealkylation sites (N-methyl/N-ethyl adjacent to an activating group) is 1. The number of halogens is 1. The molecular weight excluding hydrogens is 250 g/mol. The highest BCUT2D eigenvalue weighted by Crippen LogP contribution is 2.13. The predicted molar refractivity (Wildman–Crippen MR) is 74.7 cm³/mol. The van der Waals surface area contributed by atoms with Crippen LogP contribution in [-0.4, -0.2) is 48.9 Å². The Kier molecular flexibility index (Phi) is 5.59. The third-order valence-corrected chi connectivity index (χ3v) is 3.24. The third-order valence-electron chi connectivity index (χ3n) is 3.24. The molecule has 1 aliphatic rings. The zero-order valence-electron chi connectivity index (χ0n) is 10.6. The third kappa shape index (κ3) is 3.45. The molecule has 1 atom stereocenters. The van der Waals surface area contributed by atoms with Gasteiger partial charge in [-0.1, -0.05) is 30.3 Å². The molecule has 100 valence electrons. The summed E-state index contributed by atoms with van der Waals surface area (Å²) in [6, 6.07) is 9.02. The van der Waals surface area contributed by atoms with Crippen molar-refractivity contribution in [1.82, 2.24) is 9.80 Å². The van der Waals surface area contributed by atoms with E-state index in [2.05, 4.69) is 11.9 Å². The molecular formula is C13H20ClN3O. The number of nitrogens with two attached hydrogens (primary N) is 1. The molecule has 4 nitrogen and oxygen atoms in total. The second-order valence-corrected chi connectivity index (χ2v) is 4.52. The molecule has 1 heterocycles. The van der Waals surface area contributed by atoms with Crippen molar-refractivity contribution in [2.75, 3.05) is 33.2 Å². The first-order valence-corrected chi connectivity index (χ1v) is 5.96. The van der Waals surface area contributed by atoms with Crippen LogP contribution < -0.4 is 5.73 Å². The molecule has 0 radical (unpaired) electrons. The molecule has 1 unspecified atom stereocenters. The lowest BCUT2D eigenvalue weighted by Gasteiger charge is -2.33. The molecule has 0 bridgehead atoms. The zero-order valence-corrected chi connectivity index (χ0v) is 11.4. The summed E-state index contributed by atoms with van der Waals surface area (Å²) in [5.74, 6) is 0.0318. The molecule has 1 fully saturated rings. The van der Waals surface area contributed by atoms with Gasteiger partial charge in [-0.05, 0) is 12.6 Å². The molecule has 2 N–H and O–H groups in total. The van der Waals surface area contributed by atoms with Crippen molar-refractivity contribution >= 4 is 18.3 Å². The van der Waals surface area contributed by atoms with Crippen LogP contribution in [0.4, 0.5) is 0 Å². The van der Waals surface area contributed by atoms with Crippen molar-refractivity contribution in [3.63, 3.8) is 0 Å². The van der Waals surface area contributed by atoms with Gasteiger partial charge in [0.2, 0.25) is 5.91 Å². The van der Waals surface area contributed by atoms with Gasteiger partial charge in [-0.15, -0.1) is 12.4 Å². The summed E-state index contributed by atoms with van der Waals surface area (Å²) >= 11 is 0. The Morgan fingerprint density at radius 2 is 1.72 bits per heavy atom. The molecule has 1 saturated heterocycles. The summed E-state index contributed by atoms with van der Waals surface area (Å²) in [5, 5.41) is 0. The van der Waals surface area contributed by atoms with Gasteiger partial charge in [-0.2, -0.15) is 0 Å². The van der Waals surface area contributed by atoms with E-state index >= 15 is 0 Å². The second-order valence-electron chi connectivity index (χ2n) is 4.52. The van der Waals surface area contributed by atoms with Gasteiger partial charge in [0.05, 0.1) is 0 Å². The van der Waals surface area contributed by atoms with E-state index in [-0.39, 0.29) is 18.3 Å². The van der Waals surface area contributed by atoms with Crippen LogP contribution in [0.2, 0.25) is 0 Å². The van der Waals surface area contributed by atoms with E-state index in [1.165, 1.54) is 0 Å². The Balaban J connectivity index is 0.00000162. The minimum atomic E-state index is -0.528. The number of hydrogen-bond acceptors (Lipinski definition) is 3. The fourth-order valence-electron chi connectivity index (χ4n) is 2.03. The van der Waals surface area contributed by atoms with Crippen LogP contribution in [0.15, 0.2) is 30.3 Å². The van der Waals surface area contributed by atoms with Crippen LogP contribution in [0.5, 0.6) is 0 Å². The number of rotatable bonds is 2. The second kappa shape index (κ2) is 6.73. The highest BCUT2D eigenvalue weighted by molar-refractivity contribution is 5.85. The monoisotopic (exact) mass is 269 g/mol. The molecule has 0 aromatic heterocycles. The maximum absolute atomic E-state index is 12.2. The van der Waals surface area contributed by atoms with Crippen molar-refractivity contribution in [3.05, 3.63) is 35.9 Å². The number of piperazine rings is 1. The Morgan fingerprint density at radius 3 is 2.28 bits per heavy atom. The molecule has 0 aliphatic carbocycles. The van der Waals surface area contributed by atoms with Gasteiger partial charge in [0.1, 0.15) is 6.04 Å². The van der Waals surface area contributed by atoms with Crippen molar-refractivity contribution < 1.29 is 4.79 Å². The van der Waals surface area contributed by atoms with E-state index in [1.807, 2.05) is 35.2 Å². The van der Waals surface area contributed by atoms with Crippen molar-refractivity contribution in [1.29, 1.82) is 0 Å². The lowest BCUT2D eigenvalue weighted by molar-refractivity contribution is -0.134. The molecule has 1 aromatic rings. The Bertz CT molecular complexity index is 377. The van der Waals surface area contributed by atoms with Crippen LogP contribution in [0.1, 0.15) is 11.6 Å². The van der Waals surface area contributed by atoms with E-state index in [0.29, 0.717) is 0 Å². The molecule has 1 aliphatic heterocycles. The maximum atomic E-state index is 12.2. The van der Waals surface area contributed by atoms with Crippen LogP contribution in [0.3, 0.4) is 0 Å². The quantitative estimate of drug-likeness (QED) is 0.867. The van der Waals surface area contributed by atoms with E-state index in [4.69, 9.17) is 5.73 Å². The summed E-state index contributed by atoms with van der Waals surface area (Å²) in [4.78, 5) is 16.3. The molecule has 5 heteroatoms. The smallest absolute Gasteiger partial charge is 0.244 e. The SMILES string of the molecule is CN1CCN(C(=O)C(N)c2ccccc2)CC1.Cl. The van der Waals surface area contributed by atoms with E-state index in [0.717, 1.165) is 31.7 Å². The van der Waals surface area contributed by atoms with E-state index in [9.17, 15) is 4.79 Å². The number of benzene rings is 1. The van der Waals surface area contributed by atoms with Gasteiger partial charge in [0.25, 0.3) is 0 Å². The lowest BCUT2D eigenvalue weighted by atomic mass is 10.1. The van der Waals surface area contributed by atoms with E-state index in [1.54, 1.807) is 0 Å². The van der Waals surface area contributed by atoms with Crippen molar-refractivity contribution in [2.45, 2.75) is 6.04 Å². The molecule has 2 rings (SSSR count). The normalized spacial score (nSPS) is 18.0. The first kappa shape index (κ1) is 15.0. The number of hydrogen-bond donors (Lipinski definition) is 1. The molecule has 1 aromatic carbocycles. The van der Waals surface area contributed by atoms with Gasteiger partial charge in [-0.25, -0.2) is 0 Å². The largest absolute Gasteiger partial charge is 0.338 e. The fourth-order valence-corrected chi connectivity index (χ4v) is 2.03. The Labute approximate surface area is 114 Å². The number of carbonyl (C=O) groups is 1. The summed E-state index contributed by atoms with van der Waals surface area (Å²) in [5.41, 5.74) is 6.88. The van der Waals surface area contributed by atoms with Gasteiger partial charge in [0, 0.05) is 26.2 Å². The average Bonchev–Trinajstić information content (AvgIpc) is 2.39. The highest BCUT2D eigenvalue weighted by Gasteiger charge is 2.24. The molecule has 18 heavy (non-hydrogen) atoms. The maximum Gasteiger partial charge on any atom is 0.244 e. The fraction of sp³-hybridized carbons (Fsp3) is 0.462. The van der Waals surface area contributed by atoms with Crippen molar-refractivity contribution in [2.24, 2.45) is 5.73 Å². The predicted octanol–water partition coefficient (Wildman–Crippen LogP) is 0.882. The zero-order chi connectivity index (χ0) is 12.3. The van der Waals surface area contributed by atoms with E-state index < -0.39 is 6.04 Å². The van der Waals surface area contributed by atoms with Gasteiger partial charge in [0.15, 0.2) is 0 Å². The van der Waals surface area contributed by atoms with Gasteiger partial charge in [-0.3, -0.25) is 4.79 Å². The summed E-state index contributed by atoms with van der Waals surface area (Å²) < 4.78 is 0. The van der Waals surface area contributed by atoms with Crippen LogP contribution in [-0.2, 0) is 4.79 Å². The van der Waals surface area contributed by atoms with Crippen LogP contribution >= 0.6 is 12.4 Å². The summed E-state index contributed by atoms with van der Waals surface area (Å²) in [6.45, 7) is 3.40. The molecule has 1 amide bonds. The summed E-state index contributed by atoms with van der Waals surface area (Å²) in [6.07, 6.45) is 0. The molecule has 0 spiro atoms. The average molecular weight is 270 g/mol. The minimum absolute atomic E-state index is 0. The van der Waals surface area contributed by atoms with Crippen molar-refractivity contribution in [3.8, 4) is 0 Å². The van der Waals surface area contributed by atoms with Crippen LogP contribution in [0.25, 0.3) is 0 Å². The Morgan fingerprint density at radius 1 is 1.17 bits per heavy atom. The minimum Gasteiger partial charge on any atom is -0.338 e. The standard InChI is InChI=1S/C13H19N3O.ClH/c1-15-7-9-16(10-8-15)13(17)12(14)11-5-3-2-4-6-11;/h2-6,12H,7-10,14H2,1H3;1H. The van der Waals surface area contributed by atoms with Crippen LogP contribution in [0, 0.1) is 0 Å². The molecule has 0 saturated carbocycles. The van der Waals surface area contributed by atoms with Gasteiger partial charge >= 0.3 is 0 Å².